The number of hydrogen-bond donors (Lipinski definition) is 0. The van der Waals surface area contributed by atoms with E-state index in [1.165, 1.54) is 6.07 Å². The highest BCUT2D eigenvalue weighted by Gasteiger charge is 2.10. The van der Waals surface area contributed by atoms with Crippen LogP contribution in [-0.2, 0) is 11.3 Å². The van der Waals surface area contributed by atoms with Gasteiger partial charge in [0.25, 0.3) is 0 Å². The number of nitrogens with zero attached hydrogens (tertiary/aromatic N) is 1. The van der Waals surface area contributed by atoms with Crippen LogP contribution in [0.2, 0.25) is 0 Å². The fourth-order valence-electron chi connectivity index (χ4n) is 1.35. The Hall–Kier alpha value is -1.03. The van der Waals surface area contributed by atoms with Gasteiger partial charge in [0, 0.05) is 31.3 Å². The second-order valence-corrected chi connectivity index (χ2v) is 4.57. The maximum atomic E-state index is 13.3. The van der Waals surface area contributed by atoms with Gasteiger partial charge in [-0.2, -0.15) is 11.8 Å². The molecule has 0 saturated carbocycles. The van der Waals surface area contributed by atoms with E-state index in [9.17, 15) is 9.18 Å². The quantitative estimate of drug-likeness (QED) is 0.789. The van der Waals surface area contributed by atoms with Gasteiger partial charge in [0.05, 0.1) is 0 Å². The van der Waals surface area contributed by atoms with Gasteiger partial charge in [0.15, 0.2) is 0 Å². The number of rotatable bonds is 5. The molecule has 0 saturated heterocycles. The molecule has 0 atom stereocenters. The molecule has 16 heavy (non-hydrogen) atoms. The molecule has 1 rings (SSSR count). The molecule has 0 radical (unpaired) electrons. The Balaban J connectivity index is 2.54. The number of benzene rings is 1. The minimum Gasteiger partial charge on any atom is -0.341 e. The second kappa shape index (κ2) is 6.53. The van der Waals surface area contributed by atoms with Crippen LogP contribution in [0.25, 0.3) is 0 Å². The van der Waals surface area contributed by atoms with Crippen molar-refractivity contribution in [3.63, 3.8) is 0 Å². The van der Waals surface area contributed by atoms with Crippen molar-refractivity contribution in [1.82, 2.24) is 4.90 Å². The monoisotopic (exact) mass is 241 g/mol. The molecule has 0 aliphatic rings. The zero-order valence-corrected chi connectivity index (χ0v) is 10.4. The lowest BCUT2D eigenvalue weighted by molar-refractivity contribution is -0.129. The molecule has 0 aliphatic heterocycles. The summed E-state index contributed by atoms with van der Waals surface area (Å²) in [5.41, 5.74) is 0.558. The van der Waals surface area contributed by atoms with Gasteiger partial charge in [-0.3, -0.25) is 4.79 Å². The first-order valence-electron chi connectivity index (χ1n) is 5.11. The molecule has 4 heteroatoms. The lowest BCUT2D eigenvalue weighted by atomic mass is 10.2. The number of thioether (sulfide) groups is 1. The lowest BCUT2D eigenvalue weighted by Crippen LogP contribution is -2.26. The Labute approximate surface area is 99.8 Å². The van der Waals surface area contributed by atoms with Gasteiger partial charge in [0.2, 0.25) is 5.91 Å². The molecule has 0 unspecified atom stereocenters. The van der Waals surface area contributed by atoms with Crippen molar-refractivity contribution >= 4 is 17.7 Å². The van der Waals surface area contributed by atoms with Crippen LogP contribution in [0.5, 0.6) is 0 Å². The predicted octanol–water partition coefficient (Wildman–Crippen LogP) is 2.54. The third kappa shape index (κ3) is 3.85. The first-order valence-corrected chi connectivity index (χ1v) is 6.51. The normalized spacial score (nSPS) is 10.2. The van der Waals surface area contributed by atoms with Gasteiger partial charge in [-0.15, -0.1) is 0 Å². The molecule has 1 aromatic carbocycles. The summed E-state index contributed by atoms with van der Waals surface area (Å²) in [7, 11) is 1.70. The third-order valence-electron chi connectivity index (χ3n) is 2.31. The van der Waals surface area contributed by atoms with Crippen molar-refractivity contribution in [3.05, 3.63) is 35.6 Å². The SMILES string of the molecule is CSCCC(=O)N(C)Cc1ccccc1F. The van der Waals surface area contributed by atoms with Crippen molar-refractivity contribution in [2.24, 2.45) is 0 Å². The Kier molecular flexibility index (Phi) is 5.32. The van der Waals surface area contributed by atoms with Crippen LogP contribution in [0.1, 0.15) is 12.0 Å². The maximum absolute atomic E-state index is 13.3. The summed E-state index contributed by atoms with van der Waals surface area (Å²) in [4.78, 5) is 13.2. The average Bonchev–Trinajstić information content (AvgIpc) is 2.28. The Bertz CT molecular complexity index is 357. The summed E-state index contributed by atoms with van der Waals surface area (Å²) < 4.78 is 13.3. The molecule has 1 amide bonds. The van der Waals surface area contributed by atoms with Gasteiger partial charge in [-0.25, -0.2) is 4.39 Å². The Morgan fingerprint density at radius 1 is 1.44 bits per heavy atom. The van der Waals surface area contributed by atoms with Crippen molar-refractivity contribution in [2.75, 3.05) is 19.1 Å². The van der Waals surface area contributed by atoms with E-state index in [2.05, 4.69) is 0 Å². The Morgan fingerprint density at radius 2 is 2.12 bits per heavy atom. The standard InChI is InChI=1S/C12H16FNOS/c1-14(12(15)7-8-16-2)9-10-5-3-4-6-11(10)13/h3-6H,7-9H2,1-2H3. The summed E-state index contributed by atoms with van der Waals surface area (Å²) in [6, 6.07) is 6.54. The smallest absolute Gasteiger partial charge is 0.223 e. The first kappa shape index (κ1) is 13.0. The molecule has 1 aromatic rings. The number of amides is 1. The topological polar surface area (TPSA) is 20.3 Å². The van der Waals surface area contributed by atoms with Crippen molar-refractivity contribution in [1.29, 1.82) is 0 Å². The first-order chi connectivity index (χ1) is 7.65. The third-order valence-corrected chi connectivity index (χ3v) is 2.92. The van der Waals surface area contributed by atoms with E-state index in [0.29, 0.717) is 18.5 Å². The van der Waals surface area contributed by atoms with E-state index in [0.717, 1.165) is 5.75 Å². The number of carbonyl (C=O) groups excluding carboxylic acids is 1. The van der Waals surface area contributed by atoms with Crippen molar-refractivity contribution < 1.29 is 9.18 Å². The molecular formula is C12H16FNOS. The molecule has 0 N–H and O–H groups in total. The molecule has 88 valence electrons. The van der Waals surface area contributed by atoms with Gasteiger partial charge >= 0.3 is 0 Å². The number of carbonyl (C=O) groups is 1. The Morgan fingerprint density at radius 3 is 2.75 bits per heavy atom. The molecule has 0 heterocycles. The van der Waals surface area contributed by atoms with E-state index in [1.807, 2.05) is 6.26 Å². The zero-order chi connectivity index (χ0) is 12.0. The van der Waals surface area contributed by atoms with Crippen molar-refractivity contribution in [2.45, 2.75) is 13.0 Å². The fraction of sp³-hybridized carbons (Fsp3) is 0.417. The van der Waals surface area contributed by atoms with E-state index < -0.39 is 0 Å². The van der Waals surface area contributed by atoms with Crippen LogP contribution in [0, 0.1) is 5.82 Å². The predicted molar refractivity (Wildman–Crippen MR) is 65.9 cm³/mol. The van der Waals surface area contributed by atoms with E-state index >= 15 is 0 Å². The van der Waals surface area contributed by atoms with Gasteiger partial charge in [-0.1, -0.05) is 18.2 Å². The fourth-order valence-corrected chi connectivity index (χ4v) is 1.73. The van der Waals surface area contributed by atoms with Crippen LogP contribution in [0.3, 0.4) is 0 Å². The minimum absolute atomic E-state index is 0.0533. The van der Waals surface area contributed by atoms with Crippen LogP contribution in [0.4, 0.5) is 4.39 Å². The van der Waals surface area contributed by atoms with Gasteiger partial charge < -0.3 is 4.90 Å². The molecular weight excluding hydrogens is 225 g/mol. The van der Waals surface area contributed by atoms with Crippen LogP contribution in [-0.4, -0.2) is 29.9 Å². The summed E-state index contributed by atoms with van der Waals surface area (Å²) in [6.07, 6.45) is 2.47. The molecule has 0 spiro atoms. The van der Waals surface area contributed by atoms with Crippen LogP contribution in [0.15, 0.2) is 24.3 Å². The highest BCUT2D eigenvalue weighted by molar-refractivity contribution is 7.98. The van der Waals surface area contributed by atoms with Gasteiger partial charge in [0.1, 0.15) is 5.82 Å². The molecule has 0 aliphatic carbocycles. The molecule has 0 fully saturated rings. The summed E-state index contributed by atoms with van der Waals surface area (Å²) in [5.74, 6) is 0.602. The number of halogens is 1. The minimum atomic E-state index is -0.257. The zero-order valence-electron chi connectivity index (χ0n) is 9.57. The second-order valence-electron chi connectivity index (χ2n) is 3.58. The largest absolute Gasteiger partial charge is 0.341 e. The summed E-state index contributed by atoms with van der Waals surface area (Å²) in [5, 5.41) is 0. The van der Waals surface area contributed by atoms with Crippen LogP contribution >= 0.6 is 11.8 Å². The molecule has 0 bridgehead atoms. The number of hydrogen-bond acceptors (Lipinski definition) is 2. The summed E-state index contributed by atoms with van der Waals surface area (Å²) >= 11 is 1.64. The average molecular weight is 241 g/mol. The van der Waals surface area contributed by atoms with Gasteiger partial charge in [-0.05, 0) is 12.3 Å². The lowest BCUT2D eigenvalue weighted by Gasteiger charge is -2.17. The highest BCUT2D eigenvalue weighted by Crippen LogP contribution is 2.10. The highest BCUT2D eigenvalue weighted by atomic mass is 32.2. The van der Waals surface area contributed by atoms with E-state index in [1.54, 1.807) is 41.9 Å². The van der Waals surface area contributed by atoms with Crippen molar-refractivity contribution in [3.8, 4) is 0 Å². The molecule has 2 nitrogen and oxygen atoms in total. The van der Waals surface area contributed by atoms with E-state index in [-0.39, 0.29) is 11.7 Å². The molecule has 0 aromatic heterocycles. The maximum Gasteiger partial charge on any atom is 0.223 e. The summed E-state index contributed by atoms with van der Waals surface area (Å²) in [6.45, 7) is 0.333. The van der Waals surface area contributed by atoms with Crippen LogP contribution < -0.4 is 0 Å². The van der Waals surface area contributed by atoms with E-state index in [4.69, 9.17) is 0 Å².